The summed E-state index contributed by atoms with van der Waals surface area (Å²) >= 11 is 11.8. The van der Waals surface area contributed by atoms with Crippen LogP contribution in [0.2, 0.25) is 0 Å². The Morgan fingerprint density at radius 3 is 1.81 bits per heavy atom. The summed E-state index contributed by atoms with van der Waals surface area (Å²) < 4.78 is 0. The average molecular weight is 426 g/mol. The van der Waals surface area contributed by atoms with E-state index in [1.807, 2.05) is 0 Å². The minimum atomic E-state index is -1.84. The molecule has 0 aliphatic carbocycles. The standard InChI is InChI=1S/C22H34P2S2/c1-4-7-16-23(17-8-5-2,18-9-6-3)24(25,26)22-15-14-20-12-10-11-13-21(20)19-22/h10-15,19H,4-9,16-18H2,1-3H3/p+1. The molecule has 0 spiro atoms. The maximum absolute atomic E-state index is 6.47. The molecule has 26 heavy (non-hydrogen) atoms. The van der Waals surface area contributed by atoms with Crippen molar-refractivity contribution in [2.75, 3.05) is 18.5 Å². The van der Waals surface area contributed by atoms with E-state index in [2.05, 4.69) is 63.2 Å². The third-order valence-corrected chi connectivity index (χ3v) is 24.8. The van der Waals surface area contributed by atoms with Crippen LogP contribution in [0.4, 0.5) is 0 Å². The molecule has 1 atom stereocenters. The zero-order valence-corrected chi connectivity index (χ0v) is 20.2. The molecule has 0 bridgehead atoms. The van der Waals surface area contributed by atoms with Crippen LogP contribution < -0.4 is 5.30 Å². The average Bonchev–Trinajstić information content (AvgIpc) is 2.67. The van der Waals surface area contributed by atoms with Gasteiger partial charge in [0.25, 0.3) is 0 Å². The lowest BCUT2D eigenvalue weighted by Crippen LogP contribution is -2.14. The van der Waals surface area contributed by atoms with E-state index in [9.17, 15) is 0 Å². The molecule has 0 radical (unpaired) electrons. The first-order valence-electron chi connectivity index (χ1n) is 10.2. The van der Waals surface area contributed by atoms with Gasteiger partial charge in [-0.1, -0.05) is 82.6 Å². The Hall–Kier alpha value is 0.130. The smallest absolute Gasteiger partial charge is 0.0992 e. The number of hydrogen-bond donors (Lipinski definition) is 1. The largest absolute Gasteiger partial charge is 0.160 e. The molecule has 2 aromatic rings. The highest BCUT2D eigenvalue weighted by Crippen LogP contribution is 2.91. The molecular formula is C22H35P2S2+. The van der Waals surface area contributed by atoms with E-state index in [-0.39, 0.29) is 0 Å². The Balaban J connectivity index is 2.50. The number of fused-ring (bicyclic) bond motifs is 1. The molecule has 0 fully saturated rings. The molecule has 0 aromatic heterocycles. The molecule has 0 heterocycles. The molecule has 144 valence electrons. The van der Waals surface area contributed by atoms with Gasteiger partial charge >= 0.3 is 0 Å². The lowest BCUT2D eigenvalue weighted by molar-refractivity contribution is 0.844. The first-order valence-corrected chi connectivity index (χ1v) is 17.2. The van der Waals surface area contributed by atoms with Gasteiger partial charge in [0.05, 0.1) is 25.4 Å². The molecule has 0 N–H and O–H groups in total. The number of unbranched alkanes of at least 4 members (excludes halogenated alkanes) is 3. The molecule has 4 heteroatoms. The third-order valence-electron chi connectivity index (χ3n) is 5.43. The second kappa shape index (κ2) is 10.6. The summed E-state index contributed by atoms with van der Waals surface area (Å²) in [6.07, 6.45) is 11.8. The van der Waals surface area contributed by atoms with Crippen molar-refractivity contribution in [3.63, 3.8) is 0 Å². The van der Waals surface area contributed by atoms with Gasteiger partial charge in [-0.15, -0.1) is 0 Å². The Labute approximate surface area is 171 Å². The second-order valence-corrected chi connectivity index (χ2v) is 22.9. The van der Waals surface area contributed by atoms with Crippen molar-refractivity contribution < 1.29 is 0 Å². The highest BCUT2D eigenvalue weighted by atomic mass is 33.1. The molecule has 0 aliphatic rings. The topological polar surface area (TPSA) is 0 Å². The van der Waals surface area contributed by atoms with Crippen molar-refractivity contribution in [1.82, 2.24) is 0 Å². The van der Waals surface area contributed by atoms with Crippen LogP contribution in [0, 0.1) is 0 Å². The van der Waals surface area contributed by atoms with Gasteiger partial charge in [0, 0.05) is 5.30 Å². The zero-order valence-electron chi connectivity index (χ0n) is 16.7. The maximum atomic E-state index is 6.47. The van der Waals surface area contributed by atoms with E-state index in [4.69, 9.17) is 24.1 Å². The van der Waals surface area contributed by atoms with Crippen LogP contribution in [0.15, 0.2) is 42.5 Å². The summed E-state index contributed by atoms with van der Waals surface area (Å²) in [4.78, 5) is -1.84. The number of benzene rings is 2. The molecular weight excluding hydrogens is 390 g/mol. The highest BCUT2D eigenvalue weighted by Gasteiger charge is 2.48. The van der Waals surface area contributed by atoms with Gasteiger partial charge in [-0.3, -0.25) is 0 Å². The molecule has 0 aliphatic heterocycles. The summed E-state index contributed by atoms with van der Waals surface area (Å²) in [7, 11) is 0. The van der Waals surface area contributed by atoms with E-state index in [1.54, 1.807) is 0 Å². The van der Waals surface area contributed by atoms with Crippen molar-refractivity contribution in [3.8, 4) is 0 Å². The van der Waals surface area contributed by atoms with Gasteiger partial charge in [-0.2, -0.15) is 0 Å². The minimum Gasteiger partial charge on any atom is -0.0992 e. The fourth-order valence-corrected chi connectivity index (χ4v) is 19.9. The molecule has 0 nitrogen and oxygen atoms in total. The monoisotopic (exact) mass is 425 g/mol. The van der Waals surface area contributed by atoms with Gasteiger partial charge in [-0.25, -0.2) is 0 Å². The fourth-order valence-electron chi connectivity index (χ4n) is 3.70. The van der Waals surface area contributed by atoms with Gasteiger partial charge in [0.2, 0.25) is 0 Å². The molecule has 0 saturated heterocycles. The van der Waals surface area contributed by atoms with Gasteiger partial charge < -0.3 is 0 Å². The number of hydrogen-bond acceptors (Lipinski definition) is 1. The molecule has 0 amide bonds. The van der Waals surface area contributed by atoms with Crippen LogP contribution in [0.3, 0.4) is 0 Å². The molecule has 2 rings (SSSR count). The molecule has 1 unspecified atom stereocenters. The quantitative estimate of drug-likeness (QED) is 0.280. The van der Waals surface area contributed by atoms with Crippen LogP contribution in [0.1, 0.15) is 59.3 Å². The Kier molecular flexibility index (Phi) is 9.15. The van der Waals surface area contributed by atoms with Crippen LogP contribution in [-0.2, 0) is 11.8 Å². The lowest BCUT2D eigenvalue weighted by atomic mass is 10.1. The zero-order chi connectivity index (χ0) is 19.0. The lowest BCUT2D eigenvalue weighted by Gasteiger charge is -2.35. The fraction of sp³-hybridized carbons (Fsp3) is 0.545. The number of thiol groups is 1. The molecule has 0 saturated carbocycles. The van der Waals surface area contributed by atoms with Crippen molar-refractivity contribution in [2.24, 2.45) is 0 Å². The van der Waals surface area contributed by atoms with Crippen LogP contribution in [-0.4, -0.2) is 18.5 Å². The van der Waals surface area contributed by atoms with Gasteiger partial charge in [0.15, 0.2) is 4.93 Å². The van der Waals surface area contributed by atoms with E-state index >= 15 is 0 Å². The first kappa shape index (κ1) is 22.4. The summed E-state index contributed by atoms with van der Waals surface area (Å²) in [5, 5.41) is 3.98. The van der Waals surface area contributed by atoms with Crippen molar-refractivity contribution in [1.29, 1.82) is 0 Å². The van der Waals surface area contributed by atoms with Crippen LogP contribution >= 0.6 is 24.1 Å². The van der Waals surface area contributed by atoms with Crippen LogP contribution in [0.5, 0.6) is 0 Å². The van der Waals surface area contributed by atoms with Gasteiger partial charge in [-0.05, 0) is 54.0 Å². The van der Waals surface area contributed by atoms with Crippen molar-refractivity contribution >= 4 is 52.0 Å². The summed E-state index contributed by atoms with van der Waals surface area (Å²) in [5.74, 6) is 0. The summed E-state index contributed by atoms with van der Waals surface area (Å²) in [6, 6.07) is 15.6. The first-order chi connectivity index (χ1) is 12.5. The predicted octanol–water partition coefficient (Wildman–Crippen LogP) is 8.12. The van der Waals surface area contributed by atoms with Crippen molar-refractivity contribution in [2.45, 2.75) is 59.3 Å². The Morgan fingerprint density at radius 1 is 0.808 bits per heavy atom. The van der Waals surface area contributed by atoms with E-state index in [0.29, 0.717) is 0 Å². The summed E-state index contributed by atoms with van der Waals surface area (Å²) in [5.41, 5.74) is 0. The van der Waals surface area contributed by atoms with Crippen molar-refractivity contribution in [3.05, 3.63) is 42.5 Å². The third kappa shape index (κ3) is 5.14. The van der Waals surface area contributed by atoms with E-state index < -0.39 is 11.9 Å². The SMILES string of the molecule is CCCC[P+](CCCC)(CCCC)P(=S)(S)c1ccc2ccccc2c1. The predicted molar refractivity (Wildman–Crippen MR) is 133 cm³/mol. The number of rotatable bonds is 11. The second-order valence-electron chi connectivity index (χ2n) is 7.40. The Morgan fingerprint density at radius 2 is 1.31 bits per heavy atom. The molecule has 2 aromatic carbocycles. The highest BCUT2D eigenvalue weighted by molar-refractivity contribution is 8.90. The van der Waals surface area contributed by atoms with E-state index in [1.165, 1.54) is 73.1 Å². The minimum absolute atomic E-state index is 1.26. The maximum Gasteiger partial charge on any atom is 0.160 e. The normalized spacial score (nSPS) is 14.5. The summed E-state index contributed by atoms with van der Waals surface area (Å²) in [6.45, 7) is 5.68. The Bertz CT molecular complexity index is 720. The van der Waals surface area contributed by atoms with Crippen LogP contribution in [0.25, 0.3) is 10.8 Å². The van der Waals surface area contributed by atoms with E-state index in [0.717, 1.165) is 0 Å². The van der Waals surface area contributed by atoms with Gasteiger partial charge in [0.1, 0.15) is 0 Å².